The molecular formula is C16H20ClN3. The first-order valence-electron chi connectivity index (χ1n) is 6.96. The number of benzene rings is 1. The molecule has 1 aromatic heterocycles. The van der Waals surface area contributed by atoms with Crippen molar-refractivity contribution in [2.75, 3.05) is 6.54 Å². The summed E-state index contributed by atoms with van der Waals surface area (Å²) in [5.74, 6) is 0.848. The molecule has 0 aliphatic heterocycles. The first kappa shape index (κ1) is 14.9. The van der Waals surface area contributed by atoms with Crippen molar-refractivity contribution in [3.8, 4) is 0 Å². The Morgan fingerprint density at radius 3 is 2.80 bits per heavy atom. The van der Waals surface area contributed by atoms with Crippen LogP contribution in [0.1, 0.15) is 36.1 Å². The van der Waals surface area contributed by atoms with Crippen LogP contribution in [0.4, 0.5) is 0 Å². The summed E-state index contributed by atoms with van der Waals surface area (Å²) >= 11 is 6.01. The van der Waals surface area contributed by atoms with Gasteiger partial charge in [0.05, 0.1) is 5.69 Å². The Morgan fingerprint density at radius 2 is 2.05 bits per heavy atom. The summed E-state index contributed by atoms with van der Waals surface area (Å²) in [6.07, 6.45) is 1.84. The predicted molar refractivity (Wildman–Crippen MR) is 83.0 cm³/mol. The molecule has 0 amide bonds. The van der Waals surface area contributed by atoms with Crippen LogP contribution in [-0.4, -0.2) is 16.5 Å². The number of hydrogen-bond acceptors (Lipinski definition) is 3. The molecule has 1 aromatic carbocycles. The molecule has 0 bridgehead atoms. The van der Waals surface area contributed by atoms with E-state index in [0.29, 0.717) is 6.42 Å². The van der Waals surface area contributed by atoms with Crippen molar-refractivity contribution in [2.45, 2.75) is 33.2 Å². The van der Waals surface area contributed by atoms with Gasteiger partial charge in [-0.1, -0.05) is 30.7 Å². The SMILES string of the molecule is CCCNCc1cc(C)nc(Cc2cccc(Cl)c2)n1. The van der Waals surface area contributed by atoms with E-state index >= 15 is 0 Å². The summed E-state index contributed by atoms with van der Waals surface area (Å²) in [5.41, 5.74) is 3.18. The van der Waals surface area contributed by atoms with Gasteiger partial charge in [-0.05, 0) is 43.7 Å². The standard InChI is InChI=1S/C16H20ClN3/c1-3-7-18-11-15-8-12(2)19-16(20-15)10-13-5-4-6-14(17)9-13/h4-6,8-9,18H,3,7,10-11H2,1-2H3. The minimum atomic E-state index is 0.711. The quantitative estimate of drug-likeness (QED) is 0.827. The molecular weight excluding hydrogens is 270 g/mol. The molecule has 4 heteroatoms. The molecule has 0 saturated carbocycles. The monoisotopic (exact) mass is 289 g/mol. The molecule has 0 atom stereocenters. The van der Waals surface area contributed by atoms with E-state index in [1.165, 1.54) is 0 Å². The number of hydrogen-bond donors (Lipinski definition) is 1. The number of rotatable bonds is 6. The molecule has 1 heterocycles. The highest BCUT2D eigenvalue weighted by Crippen LogP contribution is 2.13. The second-order valence-electron chi connectivity index (χ2n) is 4.90. The van der Waals surface area contributed by atoms with E-state index in [4.69, 9.17) is 11.6 Å². The second-order valence-corrected chi connectivity index (χ2v) is 5.34. The Hall–Kier alpha value is -1.45. The maximum absolute atomic E-state index is 6.01. The molecule has 106 valence electrons. The van der Waals surface area contributed by atoms with Crippen LogP contribution >= 0.6 is 11.6 Å². The number of halogens is 1. The molecule has 2 rings (SSSR count). The van der Waals surface area contributed by atoms with Crippen molar-refractivity contribution in [3.63, 3.8) is 0 Å². The molecule has 0 saturated heterocycles. The number of aryl methyl sites for hydroxylation is 1. The Bertz CT molecular complexity index is 569. The average Bonchev–Trinajstić information content (AvgIpc) is 2.38. The highest BCUT2D eigenvalue weighted by Gasteiger charge is 2.04. The van der Waals surface area contributed by atoms with Crippen molar-refractivity contribution in [3.05, 3.63) is 58.1 Å². The van der Waals surface area contributed by atoms with Gasteiger partial charge in [-0.3, -0.25) is 0 Å². The van der Waals surface area contributed by atoms with Gasteiger partial charge < -0.3 is 5.32 Å². The number of nitrogens with one attached hydrogen (secondary N) is 1. The average molecular weight is 290 g/mol. The molecule has 3 nitrogen and oxygen atoms in total. The first-order chi connectivity index (χ1) is 9.67. The van der Waals surface area contributed by atoms with Gasteiger partial charge in [-0.2, -0.15) is 0 Å². The summed E-state index contributed by atoms with van der Waals surface area (Å²) in [6, 6.07) is 9.87. The maximum Gasteiger partial charge on any atom is 0.133 e. The van der Waals surface area contributed by atoms with E-state index in [2.05, 4.69) is 22.2 Å². The fourth-order valence-corrected chi connectivity index (χ4v) is 2.31. The lowest BCUT2D eigenvalue weighted by Gasteiger charge is -2.07. The smallest absolute Gasteiger partial charge is 0.133 e. The van der Waals surface area contributed by atoms with Gasteiger partial charge in [-0.25, -0.2) is 9.97 Å². The van der Waals surface area contributed by atoms with Crippen molar-refractivity contribution < 1.29 is 0 Å². The van der Waals surface area contributed by atoms with Crippen LogP contribution in [0.25, 0.3) is 0 Å². The van der Waals surface area contributed by atoms with E-state index in [9.17, 15) is 0 Å². The summed E-state index contributed by atoms with van der Waals surface area (Å²) in [6.45, 7) is 5.96. The molecule has 0 spiro atoms. The number of aromatic nitrogens is 2. The van der Waals surface area contributed by atoms with Gasteiger partial charge in [0.1, 0.15) is 5.82 Å². The zero-order valence-electron chi connectivity index (χ0n) is 12.0. The van der Waals surface area contributed by atoms with Gasteiger partial charge in [0.2, 0.25) is 0 Å². The highest BCUT2D eigenvalue weighted by atomic mass is 35.5. The molecule has 0 unspecified atom stereocenters. The van der Waals surface area contributed by atoms with Gasteiger partial charge in [0, 0.05) is 23.7 Å². The molecule has 0 radical (unpaired) electrons. The fraction of sp³-hybridized carbons (Fsp3) is 0.375. The second kappa shape index (κ2) is 7.36. The summed E-state index contributed by atoms with van der Waals surface area (Å²) in [7, 11) is 0. The van der Waals surface area contributed by atoms with E-state index < -0.39 is 0 Å². The minimum Gasteiger partial charge on any atom is -0.311 e. The van der Waals surface area contributed by atoms with Crippen molar-refractivity contribution in [2.24, 2.45) is 0 Å². The van der Waals surface area contributed by atoms with Crippen molar-refractivity contribution in [1.29, 1.82) is 0 Å². The van der Waals surface area contributed by atoms with Crippen LogP contribution in [0.2, 0.25) is 5.02 Å². The van der Waals surface area contributed by atoms with Gasteiger partial charge >= 0.3 is 0 Å². The van der Waals surface area contributed by atoms with Crippen LogP contribution in [0, 0.1) is 6.92 Å². The Morgan fingerprint density at radius 1 is 1.20 bits per heavy atom. The van der Waals surface area contributed by atoms with E-state index in [1.807, 2.05) is 37.3 Å². The number of nitrogens with zero attached hydrogens (tertiary/aromatic N) is 2. The summed E-state index contributed by atoms with van der Waals surface area (Å²) in [5, 5.41) is 4.12. The lowest BCUT2D eigenvalue weighted by Crippen LogP contribution is -2.16. The van der Waals surface area contributed by atoms with Gasteiger partial charge in [0.25, 0.3) is 0 Å². The Kier molecular flexibility index (Phi) is 5.50. The fourth-order valence-electron chi connectivity index (χ4n) is 2.09. The van der Waals surface area contributed by atoms with E-state index in [-0.39, 0.29) is 0 Å². The normalized spacial score (nSPS) is 10.8. The topological polar surface area (TPSA) is 37.8 Å². The third-order valence-electron chi connectivity index (χ3n) is 2.94. The zero-order chi connectivity index (χ0) is 14.4. The van der Waals surface area contributed by atoms with Crippen LogP contribution in [0.15, 0.2) is 30.3 Å². The lowest BCUT2D eigenvalue weighted by atomic mass is 10.1. The van der Waals surface area contributed by atoms with Crippen LogP contribution < -0.4 is 5.32 Å². The molecule has 2 aromatic rings. The van der Waals surface area contributed by atoms with Crippen LogP contribution in [0.5, 0.6) is 0 Å². The van der Waals surface area contributed by atoms with Crippen LogP contribution in [-0.2, 0) is 13.0 Å². The maximum atomic E-state index is 6.01. The largest absolute Gasteiger partial charge is 0.311 e. The highest BCUT2D eigenvalue weighted by molar-refractivity contribution is 6.30. The van der Waals surface area contributed by atoms with E-state index in [1.54, 1.807) is 0 Å². The molecule has 20 heavy (non-hydrogen) atoms. The van der Waals surface area contributed by atoms with Gasteiger partial charge in [-0.15, -0.1) is 0 Å². The minimum absolute atomic E-state index is 0.711. The Labute approximate surface area is 125 Å². The molecule has 0 aliphatic carbocycles. The third-order valence-corrected chi connectivity index (χ3v) is 3.17. The summed E-state index contributed by atoms with van der Waals surface area (Å²) < 4.78 is 0. The Balaban J connectivity index is 2.11. The van der Waals surface area contributed by atoms with Crippen molar-refractivity contribution in [1.82, 2.24) is 15.3 Å². The van der Waals surface area contributed by atoms with E-state index in [0.717, 1.165) is 47.3 Å². The van der Waals surface area contributed by atoms with Gasteiger partial charge in [0.15, 0.2) is 0 Å². The van der Waals surface area contributed by atoms with Crippen molar-refractivity contribution >= 4 is 11.6 Å². The third kappa shape index (κ3) is 4.58. The zero-order valence-corrected chi connectivity index (χ0v) is 12.7. The molecule has 0 aliphatic rings. The first-order valence-corrected chi connectivity index (χ1v) is 7.33. The van der Waals surface area contributed by atoms with Crippen LogP contribution in [0.3, 0.4) is 0 Å². The molecule has 1 N–H and O–H groups in total. The predicted octanol–water partition coefficient (Wildman–Crippen LogP) is 3.53. The molecule has 0 fully saturated rings. The summed E-state index contributed by atoms with van der Waals surface area (Å²) in [4.78, 5) is 9.12. The lowest BCUT2D eigenvalue weighted by molar-refractivity contribution is 0.658.